The first-order valence-electron chi connectivity index (χ1n) is 11.7. The fraction of sp³-hybridized carbons (Fsp3) is 0.500. The maximum atomic E-state index is 14.1. The smallest absolute Gasteiger partial charge is 0.311 e. The largest absolute Gasteiger partial charge is 0.461 e. The first-order valence-corrected chi connectivity index (χ1v) is 12.5. The number of amides is 2. The summed E-state index contributed by atoms with van der Waals surface area (Å²) in [5, 5.41) is 9.75. The number of hydrogen-bond donors (Lipinski definition) is 1. The molecule has 5 atom stereocenters. The first-order chi connectivity index (χ1) is 16.3. The van der Waals surface area contributed by atoms with Crippen LogP contribution < -0.4 is 0 Å². The highest BCUT2D eigenvalue weighted by atomic mass is 32.2. The number of nitrogens with zero attached hydrogens (tertiary/aromatic N) is 2. The number of rotatable bonds is 10. The second-order valence-corrected chi connectivity index (χ2v) is 11.3. The van der Waals surface area contributed by atoms with E-state index in [1.807, 2.05) is 37.3 Å². The molecular weight excluding hydrogens is 452 g/mol. The number of thioether (sulfide) groups is 1. The molecular formula is C26H32N2O5S. The van der Waals surface area contributed by atoms with Crippen LogP contribution in [0.2, 0.25) is 0 Å². The third-order valence-electron chi connectivity index (χ3n) is 7.33. The summed E-state index contributed by atoms with van der Waals surface area (Å²) in [6.45, 7) is 10.0. The number of aliphatic hydroxyl groups is 1. The Hall–Kier alpha value is -2.58. The van der Waals surface area contributed by atoms with Crippen LogP contribution in [0.3, 0.4) is 0 Å². The lowest BCUT2D eigenvalue weighted by molar-refractivity contribution is -0.154. The number of carbonyl (C=O) groups is 3. The third-order valence-corrected chi connectivity index (χ3v) is 9.31. The summed E-state index contributed by atoms with van der Waals surface area (Å²) in [5.41, 5.74) is 0.978. The normalized spacial score (nSPS) is 31.3. The van der Waals surface area contributed by atoms with Crippen LogP contribution in [0.15, 0.2) is 55.6 Å². The average molecular weight is 485 g/mol. The molecule has 34 heavy (non-hydrogen) atoms. The van der Waals surface area contributed by atoms with E-state index in [0.717, 1.165) is 5.56 Å². The molecule has 3 heterocycles. The van der Waals surface area contributed by atoms with E-state index in [9.17, 15) is 19.5 Å². The number of fused-ring (bicyclic) bond motifs is 1. The van der Waals surface area contributed by atoms with Gasteiger partial charge >= 0.3 is 5.97 Å². The molecule has 2 amide bonds. The van der Waals surface area contributed by atoms with E-state index in [-0.39, 0.29) is 31.6 Å². The van der Waals surface area contributed by atoms with Crippen LogP contribution in [0.5, 0.6) is 0 Å². The van der Waals surface area contributed by atoms with Crippen LogP contribution in [0.25, 0.3) is 0 Å². The molecule has 3 aliphatic rings. The van der Waals surface area contributed by atoms with Crippen molar-refractivity contribution in [2.24, 2.45) is 11.8 Å². The summed E-state index contributed by atoms with van der Waals surface area (Å²) in [7, 11) is 0. The Labute approximate surface area is 204 Å². The molecule has 0 aliphatic carbocycles. The highest BCUT2D eigenvalue weighted by Gasteiger charge is 2.77. The predicted molar refractivity (Wildman–Crippen MR) is 131 cm³/mol. The number of hydrogen-bond acceptors (Lipinski definition) is 6. The molecule has 3 saturated heterocycles. The fourth-order valence-corrected chi connectivity index (χ4v) is 8.35. The summed E-state index contributed by atoms with van der Waals surface area (Å²) >= 11 is 1.59. The molecule has 0 aromatic heterocycles. The molecule has 2 unspecified atom stereocenters. The predicted octanol–water partition coefficient (Wildman–Crippen LogP) is 2.40. The fourth-order valence-electron chi connectivity index (χ4n) is 6.01. The zero-order valence-corrected chi connectivity index (χ0v) is 20.3. The topological polar surface area (TPSA) is 87.1 Å². The van der Waals surface area contributed by atoms with Gasteiger partial charge in [-0.2, -0.15) is 0 Å². The lowest BCUT2D eigenvalue weighted by Crippen LogP contribution is -2.55. The van der Waals surface area contributed by atoms with Gasteiger partial charge in [-0.3, -0.25) is 14.4 Å². The Morgan fingerprint density at radius 3 is 2.65 bits per heavy atom. The molecule has 0 saturated carbocycles. The number of carbonyl (C=O) groups excluding carboxylic acids is 3. The molecule has 3 aliphatic heterocycles. The monoisotopic (exact) mass is 484 g/mol. The highest BCUT2D eigenvalue weighted by Crippen LogP contribution is 2.71. The van der Waals surface area contributed by atoms with Gasteiger partial charge in [-0.15, -0.1) is 18.3 Å². The van der Waals surface area contributed by atoms with E-state index in [2.05, 4.69) is 13.2 Å². The Morgan fingerprint density at radius 2 is 2.00 bits per heavy atom. The lowest BCUT2D eigenvalue weighted by Gasteiger charge is -2.37. The van der Waals surface area contributed by atoms with Crippen LogP contribution in [0.4, 0.5) is 0 Å². The number of β-amino-alcohol motifs (C(OH)–C–C–N with tert-alkyl or cyclic N) is 1. The van der Waals surface area contributed by atoms with Gasteiger partial charge in [0.15, 0.2) is 0 Å². The summed E-state index contributed by atoms with van der Waals surface area (Å²) in [4.78, 5) is 44.1. The third kappa shape index (κ3) is 3.86. The quantitative estimate of drug-likeness (QED) is 0.405. The number of ether oxygens (including phenoxy) is 1. The van der Waals surface area contributed by atoms with Gasteiger partial charge in [0.1, 0.15) is 12.6 Å². The van der Waals surface area contributed by atoms with Crippen molar-refractivity contribution >= 4 is 29.5 Å². The average Bonchev–Trinajstić information content (AvgIpc) is 3.39. The molecule has 0 radical (unpaired) electrons. The van der Waals surface area contributed by atoms with Gasteiger partial charge in [0.2, 0.25) is 11.8 Å². The van der Waals surface area contributed by atoms with Crippen molar-refractivity contribution in [2.75, 3.05) is 26.3 Å². The Bertz CT molecular complexity index is 985. The maximum absolute atomic E-state index is 14.1. The van der Waals surface area contributed by atoms with E-state index >= 15 is 0 Å². The van der Waals surface area contributed by atoms with Gasteiger partial charge < -0.3 is 19.6 Å². The number of aliphatic hydroxyl groups excluding tert-OH is 1. The summed E-state index contributed by atoms with van der Waals surface area (Å²) in [5.74, 6) is -2.14. The Kier molecular flexibility index (Phi) is 6.92. The first kappa shape index (κ1) is 24.5. The van der Waals surface area contributed by atoms with Gasteiger partial charge in [0, 0.05) is 24.4 Å². The number of likely N-dealkylation sites (tertiary alicyclic amines) is 1. The van der Waals surface area contributed by atoms with Gasteiger partial charge in [-0.05, 0) is 25.3 Å². The minimum Gasteiger partial charge on any atom is -0.461 e. The molecule has 1 spiro atoms. The van der Waals surface area contributed by atoms with E-state index in [1.54, 1.807) is 22.7 Å². The van der Waals surface area contributed by atoms with Crippen molar-refractivity contribution in [3.8, 4) is 0 Å². The zero-order chi connectivity index (χ0) is 24.5. The van der Waals surface area contributed by atoms with Crippen molar-refractivity contribution < 1.29 is 24.2 Å². The van der Waals surface area contributed by atoms with Crippen molar-refractivity contribution in [1.82, 2.24) is 9.80 Å². The SMILES string of the molecule is C=CCOC(=O)[C@@H]1[C@H]2C(=O)N(CCO)C(C(=O)N(CC=C)Cc3ccccc3)C23CC[C@@]1(C)S3. The summed E-state index contributed by atoms with van der Waals surface area (Å²) in [6, 6.07) is 8.92. The minimum absolute atomic E-state index is 0.0481. The summed E-state index contributed by atoms with van der Waals surface area (Å²) in [6.07, 6.45) is 4.56. The highest BCUT2D eigenvalue weighted by molar-refractivity contribution is 8.02. The molecule has 2 bridgehead atoms. The molecule has 7 nitrogen and oxygen atoms in total. The Balaban J connectivity index is 1.72. The van der Waals surface area contributed by atoms with Gasteiger partial charge in [-0.25, -0.2) is 0 Å². The second kappa shape index (κ2) is 9.58. The zero-order valence-electron chi connectivity index (χ0n) is 19.5. The van der Waals surface area contributed by atoms with Gasteiger partial charge in [0.25, 0.3) is 0 Å². The Morgan fingerprint density at radius 1 is 1.26 bits per heavy atom. The molecule has 1 aromatic carbocycles. The van der Waals surface area contributed by atoms with Crippen molar-refractivity contribution in [3.05, 3.63) is 61.2 Å². The van der Waals surface area contributed by atoms with Gasteiger partial charge in [0.05, 0.1) is 23.2 Å². The van der Waals surface area contributed by atoms with Crippen molar-refractivity contribution in [2.45, 2.75) is 41.8 Å². The summed E-state index contributed by atoms with van der Waals surface area (Å²) < 4.78 is 4.19. The number of benzene rings is 1. The van der Waals surface area contributed by atoms with Crippen LogP contribution >= 0.6 is 11.8 Å². The molecule has 1 aromatic rings. The molecule has 1 N–H and O–H groups in total. The molecule has 8 heteroatoms. The second-order valence-electron chi connectivity index (χ2n) is 9.39. The van der Waals surface area contributed by atoms with E-state index < -0.39 is 33.3 Å². The van der Waals surface area contributed by atoms with Crippen molar-refractivity contribution in [1.29, 1.82) is 0 Å². The van der Waals surface area contributed by atoms with Crippen molar-refractivity contribution in [3.63, 3.8) is 0 Å². The van der Waals surface area contributed by atoms with Crippen LogP contribution in [-0.4, -0.2) is 74.5 Å². The van der Waals surface area contributed by atoms with E-state index in [0.29, 0.717) is 25.9 Å². The van der Waals surface area contributed by atoms with E-state index in [1.165, 1.54) is 11.0 Å². The maximum Gasteiger partial charge on any atom is 0.311 e. The van der Waals surface area contributed by atoms with Crippen LogP contribution in [0, 0.1) is 11.8 Å². The van der Waals surface area contributed by atoms with Crippen LogP contribution in [0.1, 0.15) is 25.3 Å². The van der Waals surface area contributed by atoms with Gasteiger partial charge in [-0.1, -0.05) is 49.1 Å². The van der Waals surface area contributed by atoms with Crippen LogP contribution in [-0.2, 0) is 25.7 Å². The lowest BCUT2D eigenvalue weighted by atomic mass is 9.66. The van der Waals surface area contributed by atoms with E-state index in [4.69, 9.17) is 4.74 Å². The molecule has 182 valence electrons. The standard InChI is InChI=1S/C26H32N2O5S/c1-4-13-27(17-18-9-7-6-8-10-18)23(31)21-26-12-11-25(3,34-26)20(24(32)33-16-5-2)19(26)22(30)28(21)14-15-29/h4-10,19-21,29H,1-2,11-17H2,3H3/t19-,20-,21?,25+,26?/m0/s1. The molecule has 4 rings (SSSR count). The number of esters is 1. The molecule has 3 fully saturated rings. The minimum atomic E-state index is -0.759.